The summed E-state index contributed by atoms with van der Waals surface area (Å²) >= 11 is 0. The van der Waals surface area contributed by atoms with Gasteiger partial charge in [-0.3, -0.25) is 9.88 Å². The molecule has 1 aliphatic heterocycles. The molecule has 4 heterocycles. The minimum Gasteiger partial charge on any atom is -0.468 e. The van der Waals surface area contributed by atoms with Crippen molar-refractivity contribution >= 4 is 0 Å². The summed E-state index contributed by atoms with van der Waals surface area (Å²) in [6.07, 6.45) is 10.4. The van der Waals surface area contributed by atoms with E-state index in [4.69, 9.17) is 13.9 Å². The highest BCUT2D eigenvalue weighted by Gasteiger charge is 2.39. The lowest BCUT2D eigenvalue weighted by atomic mass is 9.90. The molecule has 27 heavy (non-hydrogen) atoms. The highest BCUT2D eigenvalue weighted by molar-refractivity contribution is 5.23. The molecule has 0 bridgehead atoms. The number of hydrogen-bond acceptors (Lipinski definition) is 6. The lowest BCUT2D eigenvalue weighted by Crippen LogP contribution is -2.19. The zero-order valence-corrected chi connectivity index (χ0v) is 15.3. The molecule has 2 atom stereocenters. The van der Waals surface area contributed by atoms with E-state index in [1.54, 1.807) is 6.26 Å². The molecule has 1 saturated carbocycles. The second kappa shape index (κ2) is 7.27. The van der Waals surface area contributed by atoms with Gasteiger partial charge in [0.05, 0.1) is 18.7 Å². The van der Waals surface area contributed by atoms with Crippen LogP contribution in [0.15, 0.2) is 51.9 Å². The van der Waals surface area contributed by atoms with Gasteiger partial charge in [0, 0.05) is 37.3 Å². The molecule has 6 nitrogen and oxygen atoms in total. The SMILES string of the molecule is c1cncc([C@@H]2CN(Cc3ccco3)C[C@H]2c2nc(C3CCCC3)no2)c1. The van der Waals surface area contributed by atoms with E-state index in [1.807, 2.05) is 30.6 Å². The first kappa shape index (κ1) is 16.7. The predicted octanol–water partition coefficient (Wildman–Crippen LogP) is 4.10. The van der Waals surface area contributed by atoms with E-state index >= 15 is 0 Å². The first-order valence-electron chi connectivity index (χ1n) is 9.85. The van der Waals surface area contributed by atoms with Crippen molar-refractivity contribution in [3.63, 3.8) is 0 Å². The van der Waals surface area contributed by atoms with E-state index in [-0.39, 0.29) is 5.92 Å². The Morgan fingerprint density at radius 2 is 1.96 bits per heavy atom. The lowest BCUT2D eigenvalue weighted by molar-refractivity contribution is 0.284. The van der Waals surface area contributed by atoms with Gasteiger partial charge in [0.25, 0.3) is 0 Å². The van der Waals surface area contributed by atoms with Crippen LogP contribution in [0, 0.1) is 0 Å². The molecule has 0 unspecified atom stereocenters. The Kier molecular flexibility index (Phi) is 4.49. The molecule has 6 heteroatoms. The average Bonchev–Trinajstić information content (AvgIpc) is 3.48. The van der Waals surface area contributed by atoms with Crippen molar-refractivity contribution in [2.75, 3.05) is 13.1 Å². The zero-order valence-electron chi connectivity index (χ0n) is 15.3. The van der Waals surface area contributed by atoms with E-state index in [9.17, 15) is 0 Å². The van der Waals surface area contributed by atoms with Gasteiger partial charge in [-0.2, -0.15) is 4.98 Å². The fourth-order valence-electron chi connectivity index (χ4n) is 4.57. The third kappa shape index (κ3) is 3.41. The number of rotatable bonds is 5. The van der Waals surface area contributed by atoms with E-state index in [2.05, 4.69) is 21.1 Å². The number of aromatic nitrogens is 3. The number of furan rings is 1. The van der Waals surface area contributed by atoms with Gasteiger partial charge >= 0.3 is 0 Å². The maximum absolute atomic E-state index is 5.76. The molecule has 1 saturated heterocycles. The van der Waals surface area contributed by atoms with Crippen LogP contribution >= 0.6 is 0 Å². The van der Waals surface area contributed by atoms with Crippen LogP contribution in [0.1, 0.15) is 66.5 Å². The van der Waals surface area contributed by atoms with Crippen LogP contribution in [0.4, 0.5) is 0 Å². The Balaban J connectivity index is 1.40. The van der Waals surface area contributed by atoms with Crippen LogP contribution < -0.4 is 0 Å². The maximum atomic E-state index is 5.76. The number of nitrogens with zero attached hydrogens (tertiary/aromatic N) is 4. The van der Waals surface area contributed by atoms with Crippen molar-refractivity contribution in [3.8, 4) is 0 Å². The quantitative estimate of drug-likeness (QED) is 0.679. The van der Waals surface area contributed by atoms with Gasteiger partial charge in [0.1, 0.15) is 5.76 Å². The topological polar surface area (TPSA) is 68.2 Å². The van der Waals surface area contributed by atoms with Crippen LogP contribution in [0.3, 0.4) is 0 Å². The average molecular weight is 364 g/mol. The molecule has 0 amide bonds. The minimum absolute atomic E-state index is 0.187. The molecular formula is C21H24N4O2. The third-order valence-corrected chi connectivity index (χ3v) is 5.96. The number of pyridine rings is 1. The fourth-order valence-corrected chi connectivity index (χ4v) is 4.57. The Labute approximate surface area is 158 Å². The summed E-state index contributed by atoms with van der Waals surface area (Å²) in [7, 11) is 0. The van der Waals surface area contributed by atoms with E-state index < -0.39 is 0 Å². The molecule has 5 rings (SSSR count). The minimum atomic E-state index is 0.187. The third-order valence-electron chi connectivity index (χ3n) is 5.96. The zero-order chi connectivity index (χ0) is 18.1. The molecular weight excluding hydrogens is 340 g/mol. The normalized spacial score (nSPS) is 24.0. The number of hydrogen-bond donors (Lipinski definition) is 0. The first-order chi connectivity index (χ1) is 13.4. The Morgan fingerprint density at radius 3 is 2.74 bits per heavy atom. The summed E-state index contributed by atoms with van der Waals surface area (Å²) in [4.78, 5) is 11.6. The highest BCUT2D eigenvalue weighted by atomic mass is 16.5. The summed E-state index contributed by atoms with van der Waals surface area (Å²) in [6, 6.07) is 8.11. The van der Waals surface area contributed by atoms with Gasteiger partial charge in [0.15, 0.2) is 5.82 Å². The van der Waals surface area contributed by atoms with Crippen LogP contribution in [0.25, 0.3) is 0 Å². The molecule has 3 aromatic heterocycles. The second-order valence-electron chi connectivity index (χ2n) is 7.74. The Morgan fingerprint density at radius 1 is 1.07 bits per heavy atom. The first-order valence-corrected chi connectivity index (χ1v) is 9.85. The molecule has 0 aromatic carbocycles. The van der Waals surface area contributed by atoms with Crippen molar-refractivity contribution in [1.82, 2.24) is 20.0 Å². The van der Waals surface area contributed by atoms with E-state index in [1.165, 1.54) is 31.2 Å². The maximum Gasteiger partial charge on any atom is 0.231 e. The monoisotopic (exact) mass is 364 g/mol. The van der Waals surface area contributed by atoms with Crippen molar-refractivity contribution < 1.29 is 8.94 Å². The van der Waals surface area contributed by atoms with Crippen LogP contribution in [0.2, 0.25) is 0 Å². The number of likely N-dealkylation sites (tertiary alicyclic amines) is 1. The second-order valence-corrected chi connectivity index (χ2v) is 7.74. The van der Waals surface area contributed by atoms with Crippen LogP contribution in [-0.4, -0.2) is 33.1 Å². The smallest absolute Gasteiger partial charge is 0.231 e. The summed E-state index contributed by atoms with van der Waals surface area (Å²) in [5, 5.41) is 4.33. The van der Waals surface area contributed by atoms with Crippen molar-refractivity contribution in [1.29, 1.82) is 0 Å². The molecule has 3 aromatic rings. The van der Waals surface area contributed by atoms with Gasteiger partial charge in [-0.25, -0.2) is 0 Å². The Bertz CT molecular complexity index is 855. The molecule has 2 aliphatic rings. The molecule has 0 spiro atoms. The van der Waals surface area contributed by atoms with Crippen molar-refractivity contribution in [2.24, 2.45) is 0 Å². The van der Waals surface area contributed by atoms with Gasteiger partial charge in [0.2, 0.25) is 5.89 Å². The largest absolute Gasteiger partial charge is 0.468 e. The fraction of sp³-hybridized carbons (Fsp3) is 0.476. The van der Waals surface area contributed by atoms with E-state index in [0.717, 1.165) is 37.1 Å². The van der Waals surface area contributed by atoms with Crippen molar-refractivity contribution in [3.05, 3.63) is 66.0 Å². The summed E-state index contributed by atoms with van der Waals surface area (Å²) < 4.78 is 11.3. The summed E-state index contributed by atoms with van der Waals surface area (Å²) in [5.74, 6) is 3.61. The molecule has 2 fully saturated rings. The lowest BCUT2D eigenvalue weighted by Gasteiger charge is -2.15. The Hall–Kier alpha value is -2.47. The van der Waals surface area contributed by atoms with Gasteiger partial charge in [-0.15, -0.1) is 0 Å². The predicted molar refractivity (Wildman–Crippen MR) is 99.2 cm³/mol. The van der Waals surface area contributed by atoms with Gasteiger partial charge in [-0.05, 0) is 36.6 Å². The van der Waals surface area contributed by atoms with Gasteiger partial charge in [-0.1, -0.05) is 24.1 Å². The van der Waals surface area contributed by atoms with Gasteiger partial charge < -0.3 is 8.94 Å². The van der Waals surface area contributed by atoms with Crippen LogP contribution in [0.5, 0.6) is 0 Å². The van der Waals surface area contributed by atoms with Crippen LogP contribution in [-0.2, 0) is 6.54 Å². The van der Waals surface area contributed by atoms with E-state index in [0.29, 0.717) is 11.8 Å². The molecule has 1 aliphatic carbocycles. The summed E-state index contributed by atoms with van der Waals surface area (Å²) in [6.45, 7) is 2.61. The molecule has 140 valence electrons. The summed E-state index contributed by atoms with van der Waals surface area (Å²) in [5.41, 5.74) is 1.23. The molecule has 0 radical (unpaired) electrons. The standard InChI is InChI=1S/C21H24N4O2/c1-2-6-15(5-1)20-23-21(27-24-20)19-14-25(12-17-8-4-10-26-17)13-18(19)16-7-3-9-22-11-16/h3-4,7-11,15,18-19H,1-2,5-6,12-14H2/t18-,19+/m0/s1. The highest BCUT2D eigenvalue weighted by Crippen LogP contribution is 2.40. The molecule has 0 N–H and O–H groups in total. The van der Waals surface area contributed by atoms with Crippen molar-refractivity contribution in [2.45, 2.75) is 50.0 Å².